The van der Waals surface area contributed by atoms with Gasteiger partial charge in [-0.2, -0.15) is 0 Å². The number of rotatable bonds is 4. The first-order valence-electron chi connectivity index (χ1n) is 6.44. The molecule has 6 nitrogen and oxygen atoms in total. The normalized spacial score (nSPS) is 16.9. The van der Waals surface area contributed by atoms with Crippen LogP contribution in [0.2, 0.25) is 0 Å². The van der Waals surface area contributed by atoms with Crippen molar-refractivity contribution in [1.82, 2.24) is 0 Å². The molecule has 0 radical (unpaired) electrons. The maximum absolute atomic E-state index is 13.7. The number of nitrogens with two attached hydrogens (primary N) is 1. The van der Waals surface area contributed by atoms with Gasteiger partial charge in [0.15, 0.2) is 11.5 Å². The monoisotopic (exact) mass is 281 g/mol. The minimum Gasteiger partial charge on any atom is -0.329 e. The SMILES string of the molecule is NCC1(C(=O)Nc2c(F)cccc2[N+](=O)[O-])CCCC1. The highest BCUT2D eigenvalue weighted by molar-refractivity contribution is 5.97. The average molecular weight is 281 g/mol. The molecule has 108 valence electrons. The van der Waals surface area contributed by atoms with Gasteiger partial charge in [-0.05, 0) is 18.9 Å². The Morgan fingerprint density at radius 3 is 2.65 bits per heavy atom. The molecule has 1 saturated carbocycles. The van der Waals surface area contributed by atoms with Gasteiger partial charge in [0.1, 0.15) is 0 Å². The van der Waals surface area contributed by atoms with Gasteiger partial charge in [0.2, 0.25) is 5.91 Å². The van der Waals surface area contributed by atoms with Crippen molar-refractivity contribution < 1.29 is 14.1 Å². The Bertz CT molecular complexity index is 542. The van der Waals surface area contributed by atoms with Crippen molar-refractivity contribution in [3.8, 4) is 0 Å². The van der Waals surface area contributed by atoms with Gasteiger partial charge < -0.3 is 11.1 Å². The minimum absolute atomic E-state index is 0.154. The van der Waals surface area contributed by atoms with Crippen LogP contribution in [0.1, 0.15) is 25.7 Å². The molecule has 0 atom stereocenters. The van der Waals surface area contributed by atoms with Gasteiger partial charge in [-0.3, -0.25) is 14.9 Å². The Labute approximate surface area is 115 Å². The molecule has 1 fully saturated rings. The number of benzene rings is 1. The van der Waals surface area contributed by atoms with Gasteiger partial charge in [-0.1, -0.05) is 18.9 Å². The molecule has 2 rings (SSSR count). The summed E-state index contributed by atoms with van der Waals surface area (Å²) in [5, 5.41) is 13.2. The van der Waals surface area contributed by atoms with E-state index < -0.39 is 27.8 Å². The van der Waals surface area contributed by atoms with Crippen molar-refractivity contribution in [1.29, 1.82) is 0 Å². The molecule has 0 saturated heterocycles. The number of amides is 1. The smallest absolute Gasteiger partial charge is 0.295 e. The molecule has 3 N–H and O–H groups in total. The molecule has 0 heterocycles. The second kappa shape index (κ2) is 5.54. The lowest BCUT2D eigenvalue weighted by Crippen LogP contribution is -2.40. The molecule has 7 heteroatoms. The third-order valence-electron chi connectivity index (χ3n) is 3.86. The van der Waals surface area contributed by atoms with Gasteiger partial charge in [0.25, 0.3) is 5.69 Å². The van der Waals surface area contributed by atoms with Crippen molar-refractivity contribution in [3.63, 3.8) is 0 Å². The van der Waals surface area contributed by atoms with E-state index >= 15 is 0 Å². The number of nitro benzene ring substituents is 1. The highest BCUT2D eigenvalue weighted by Gasteiger charge is 2.40. The lowest BCUT2D eigenvalue weighted by molar-refractivity contribution is -0.384. The second-order valence-corrected chi connectivity index (χ2v) is 5.04. The van der Waals surface area contributed by atoms with Gasteiger partial charge >= 0.3 is 0 Å². The third-order valence-corrected chi connectivity index (χ3v) is 3.86. The molecule has 0 aromatic heterocycles. The largest absolute Gasteiger partial charge is 0.329 e. The number of carbonyl (C=O) groups excluding carboxylic acids is 1. The molecule has 1 amide bonds. The van der Waals surface area contributed by atoms with Crippen LogP contribution in [0.15, 0.2) is 18.2 Å². The summed E-state index contributed by atoms with van der Waals surface area (Å²) in [6, 6.07) is 3.46. The van der Waals surface area contributed by atoms with Crippen LogP contribution in [0.5, 0.6) is 0 Å². The first kappa shape index (κ1) is 14.4. The number of nitro groups is 1. The van der Waals surface area contributed by atoms with E-state index in [0.717, 1.165) is 25.0 Å². The minimum atomic E-state index is -0.822. The summed E-state index contributed by atoms with van der Waals surface area (Å²) in [5.41, 5.74) is 4.09. The average Bonchev–Trinajstić information content (AvgIpc) is 2.90. The fourth-order valence-electron chi connectivity index (χ4n) is 2.61. The van der Waals surface area contributed by atoms with Gasteiger partial charge in [0.05, 0.1) is 10.3 Å². The number of para-hydroxylation sites is 1. The van der Waals surface area contributed by atoms with Crippen LogP contribution in [0.3, 0.4) is 0 Å². The van der Waals surface area contributed by atoms with Gasteiger partial charge in [-0.25, -0.2) is 4.39 Å². The molecule has 0 aliphatic heterocycles. The van der Waals surface area contributed by atoms with Crippen molar-refractivity contribution in [2.45, 2.75) is 25.7 Å². The maximum atomic E-state index is 13.7. The molecule has 1 aromatic rings. The topological polar surface area (TPSA) is 98.3 Å². The molecular formula is C13H16FN3O3. The summed E-state index contributed by atoms with van der Waals surface area (Å²) < 4.78 is 13.7. The number of nitrogens with zero attached hydrogens (tertiary/aromatic N) is 1. The highest BCUT2D eigenvalue weighted by Crippen LogP contribution is 2.39. The Hall–Kier alpha value is -2.02. The van der Waals surface area contributed by atoms with Crippen LogP contribution < -0.4 is 11.1 Å². The zero-order chi connectivity index (χ0) is 14.8. The maximum Gasteiger partial charge on any atom is 0.295 e. The zero-order valence-corrected chi connectivity index (χ0v) is 10.9. The van der Waals surface area contributed by atoms with Crippen molar-refractivity contribution in [3.05, 3.63) is 34.1 Å². The Kier molecular flexibility index (Phi) is 3.99. The summed E-state index contributed by atoms with van der Waals surface area (Å²) in [6.45, 7) is 0.154. The molecule has 1 aromatic carbocycles. The molecular weight excluding hydrogens is 265 g/mol. The predicted molar refractivity (Wildman–Crippen MR) is 71.6 cm³/mol. The Balaban J connectivity index is 2.30. The summed E-state index contributed by atoms with van der Waals surface area (Å²) in [4.78, 5) is 22.5. The molecule has 0 unspecified atom stereocenters. The highest BCUT2D eigenvalue weighted by atomic mass is 19.1. The van der Waals surface area contributed by atoms with E-state index in [0.29, 0.717) is 12.8 Å². The van der Waals surface area contributed by atoms with E-state index in [1.54, 1.807) is 0 Å². The van der Waals surface area contributed by atoms with E-state index in [9.17, 15) is 19.3 Å². The Morgan fingerprint density at radius 2 is 2.10 bits per heavy atom. The van der Waals surface area contributed by atoms with Crippen LogP contribution >= 0.6 is 0 Å². The molecule has 0 bridgehead atoms. The summed E-state index contributed by atoms with van der Waals surface area (Å²) in [6.07, 6.45) is 3.00. The van der Waals surface area contributed by atoms with Crippen LogP contribution in [-0.4, -0.2) is 17.4 Å². The number of anilines is 1. The number of hydrogen-bond donors (Lipinski definition) is 2. The van der Waals surface area contributed by atoms with E-state index in [2.05, 4.69) is 5.32 Å². The van der Waals surface area contributed by atoms with Crippen LogP contribution in [0, 0.1) is 21.3 Å². The van der Waals surface area contributed by atoms with Crippen LogP contribution in [0.4, 0.5) is 15.8 Å². The van der Waals surface area contributed by atoms with E-state index in [4.69, 9.17) is 5.73 Å². The molecule has 1 aliphatic rings. The lowest BCUT2D eigenvalue weighted by Gasteiger charge is -2.25. The van der Waals surface area contributed by atoms with Gasteiger partial charge in [-0.15, -0.1) is 0 Å². The molecule has 0 spiro atoms. The quantitative estimate of drug-likeness (QED) is 0.652. The third kappa shape index (κ3) is 2.49. The molecule has 1 aliphatic carbocycles. The van der Waals surface area contributed by atoms with Gasteiger partial charge in [0, 0.05) is 12.6 Å². The fourth-order valence-corrected chi connectivity index (χ4v) is 2.61. The van der Waals surface area contributed by atoms with E-state index in [-0.39, 0.29) is 12.2 Å². The first-order valence-corrected chi connectivity index (χ1v) is 6.44. The Morgan fingerprint density at radius 1 is 1.45 bits per heavy atom. The predicted octanol–water partition coefficient (Wildman–Crippen LogP) is 2.19. The number of carbonyl (C=O) groups is 1. The number of hydrogen-bond acceptors (Lipinski definition) is 4. The van der Waals surface area contributed by atoms with Crippen molar-refractivity contribution >= 4 is 17.3 Å². The summed E-state index contributed by atoms with van der Waals surface area (Å²) in [5.74, 6) is -1.26. The van der Waals surface area contributed by atoms with Crippen LogP contribution in [0.25, 0.3) is 0 Å². The summed E-state index contributed by atoms with van der Waals surface area (Å²) >= 11 is 0. The van der Waals surface area contributed by atoms with E-state index in [1.165, 1.54) is 6.07 Å². The van der Waals surface area contributed by atoms with Crippen molar-refractivity contribution in [2.75, 3.05) is 11.9 Å². The zero-order valence-electron chi connectivity index (χ0n) is 10.9. The van der Waals surface area contributed by atoms with E-state index in [1.807, 2.05) is 0 Å². The lowest BCUT2D eigenvalue weighted by atomic mass is 9.85. The standard InChI is InChI=1S/C13H16FN3O3/c14-9-4-3-5-10(17(19)20)11(9)16-12(18)13(8-15)6-1-2-7-13/h3-5H,1-2,6-8,15H2,(H,16,18). The summed E-state index contributed by atoms with van der Waals surface area (Å²) in [7, 11) is 0. The number of halogens is 1. The first-order chi connectivity index (χ1) is 9.50. The second-order valence-electron chi connectivity index (χ2n) is 5.04. The van der Waals surface area contributed by atoms with Crippen molar-refractivity contribution in [2.24, 2.45) is 11.1 Å². The molecule has 20 heavy (non-hydrogen) atoms. The van der Waals surface area contributed by atoms with Crippen LogP contribution in [-0.2, 0) is 4.79 Å². The number of nitrogens with one attached hydrogen (secondary N) is 1. The fraction of sp³-hybridized carbons (Fsp3) is 0.462.